The van der Waals surface area contributed by atoms with Crippen LogP contribution in [0.5, 0.6) is 0 Å². The number of amides is 1. The van der Waals surface area contributed by atoms with Gasteiger partial charge in [-0.05, 0) is 56.9 Å². The van der Waals surface area contributed by atoms with Crippen molar-refractivity contribution >= 4 is 17.7 Å². The molecule has 0 radical (unpaired) electrons. The highest BCUT2D eigenvalue weighted by Crippen LogP contribution is 2.31. The maximum absolute atomic E-state index is 12.4. The summed E-state index contributed by atoms with van der Waals surface area (Å²) in [6, 6.07) is 8.17. The van der Waals surface area contributed by atoms with Gasteiger partial charge in [0, 0.05) is 13.2 Å². The number of aromatic nitrogens is 3. The number of hydrogen-bond acceptors (Lipinski definition) is 6. The number of carbonyl (C=O) groups excluding carboxylic acids is 1. The first-order chi connectivity index (χ1) is 14.5. The monoisotopic (exact) mass is 426 g/mol. The molecule has 1 aromatic carbocycles. The van der Waals surface area contributed by atoms with Gasteiger partial charge >= 0.3 is 0 Å². The van der Waals surface area contributed by atoms with Crippen molar-refractivity contribution in [2.75, 3.05) is 18.9 Å². The van der Waals surface area contributed by atoms with E-state index < -0.39 is 0 Å². The predicted molar refractivity (Wildman–Crippen MR) is 116 cm³/mol. The van der Waals surface area contributed by atoms with E-state index in [9.17, 15) is 4.79 Å². The summed E-state index contributed by atoms with van der Waals surface area (Å²) in [6.07, 6.45) is 3.85. The lowest BCUT2D eigenvalue weighted by molar-refractivity contribution is -0.119. The van der Waals surface area contributed by atoms with E-state index in [1.165, 1.54) is 11.8 Å². The van der Waals surface area contributed by atoms with Gasteiger partial charge in [0.05, 0.1) is 29.4 Å². The maximum atomic E-state index is 12.4. The third kappa shape index (κ3) is 4.44. The first-order valence-electron chi connectivity index (χ1n) is 10.1. The minimum Gasteiger partial charge on any atom is -0.469 e. The summed E-state index contributed by atoms with van der Waals surface area (Å²) in [7, 11) is 0. The number of thioether (sulfide) groups is 1. The van der Waals surface area contributed by atoms with Crippen LogP contribution in [0.15, 0.2) is 40.1 Å². The van der Waals surface area contributed by atoms with Crippen LogP contribution in [0.3, 0.4) is 0 Å². The van der Waals surface area contributed by atoms with Crippen molar-refractivity contribution in [1.82, 2.24) is 20.1 Å². The Kier molecular flexibility index (Phi) is 6.24. The van der Waals surface area contributed by atoms with Gasteiger partial charge in [-0.25, -0.2) is 0 Å². The number of furan rings is 1. The van der Waals surface area contributed by atoms with Crippen LogP contribution in [0.4, 0.5) is 0 Å². The fourth-order valence-electron chi connectivity index (χ4n) is 3.55. The van der Waals surface area contributed by atoms with Crippen molar-refractivity contribution in [1.29, 1.82) is 0 Å². The summed E-state index contributed by atoms with van der Waals surface area (Å²) in [4.78, 5) is 12.4. The molecule has 1 fully saturated rings. The van der Waals surface area contributed by atoms with Gasteiger partial charge in [0.1, 0.15) is 5.76 Å². The van der Waals surface area contributed by atoms with Gasteiger partial charge in [-0.15, -0.1) is 10.2 Å². The Morgan fingerprint density at radius 2 is 2.13 bits per heavy atom. The Bertz CT molecular complexity index is 1040. The smallest absolute Gasteiger partial charge is 0.230 e. The summed E-state index contributed by atoms with van der Waals surface area (Å²) in [5.41, 5.74) is 4.13. The van der Waals surface area contributed by atoms with Gasteiger partial charge in [-0.3, -0.25) is 9.36 Å². The van der Waals surface area contributed by atoms with E-state index in [2.05, 4.69) is 47.6 Å². The number of nitrogens with zero attached hydrogens (tertiary/aromatic N) is 3. The number of ether oxygens (including phenoxy) is 1. The molecule has 1 amide bonds. The van der Waals surface area contributed by atoms with Gasteiger partial charge < -0.3 is 14.5 Å². The molecule has 8 heteroatoms. The standard InChI is InChI=1S/C22H26N4O3S/c1-14-6-7-15(2)19(11-14)26-21(18-8-10-28-16(18)3)24-25-22(26)30-13-20(27)23-12-17-5-4-9-29-17/h6-8,10-11,17H,4-5,9,12-13H2,1-3H3,(H,23,27)/t17-/m0/s1. The highest BCUT2D eigenvalue weighted by atomic mass is 32.2. The first-order valence-corrected chi connectivity index (χ1v) is 11.1. The van der Waals surface area contributed by atoms with Crippen LogP contribution in [0.25, 0.3) is 17.1 Å². The fourth-order valence-corrected chi connectivity index (χ4v) is 4.32. The molecule has 4 rings (SSSR count). The van der Waals surface area contributed by atoms with E-state index in [1.54, 1.807) is 6.26 Å². The molecular formula is C22H26N4O3S. The quantitative estimate of drug-likeness (QED) is 0.578. The average molecular weight is 427 g/mol. The van der Waals surface area contributed by atoms with Gasteiger partial charge in [0.2, 0.25) is 5.91 Å². The van der Waals surface area contributed by atoms with E-state index in [-0.39, 0.29) is 17.8 Å². The zero-order chi connectivity index (χ0) is 21.1. The molecule has 3 heterocycles. The summed E-state index contributed by atoms with van der Waals surface area (Å²) < 4.78 is 13.1. The van der Waals surface area contributed by atoms with E-state index in [0.29, 0.717) is 17.5 Å². The topological polar surface area (TPSA) is 82.2 Å². The van der Waals surface area contributed by atoms with Crippen LogP contribution in [0, 0.1) is 20.8 Å². The van der Waals surface area contributed by atoms with Crippen LogP contribution in [-0.2, 0) is 9.53 Å². The Hall–Kier alpha value is -2.58. The van der Waals surface area contributed by atoms with E-state index in [1.807, 2.05) is 17.6 Å². The van der Waals surface area contributed by atoms with Crippen molar-refractivity contribution in [3.63, 3.8) is 0 Å². The molecule has 1 atom stereocenters. The number of hydrogen-bond donors (Lipinski definition) is 1. The van der Waals surface area contributed by atoms with Crippen molar-refractivity contribution in [2.24, 2.45) is 0 Å². The number of nitrogens with one attached hydrogen (secondary N) is 1. The molecule has 0 bridgehead atoms. The molecule has 0 spiro atoms. The number of benzene rings is 1. The van der Waals surface area contributed by atoms with E-state index in [4.69, 9.17) is 9.15 Å². The molecule has 1 saturated heterocycles. The molecule has 0 unspecified atom stereocenters. The Balaban J connectivity index is 1.58. The van der Waals surface area contributed by atoms with E-state index >= 15 is 0 Å². The number of carbonyl (C=O) groups is 1. The van der Waals surface area contributed by atoms with Crippen molar-refractivity contribution < 1.29 is 13.9 Å². The molecule has 1 N–H and O–H groups in total. The largest absolute Gasteiger partial charge is 0.469 e. The maximum Gasteiger partial charge on any atom is 0.230 e. The van der Waals surface area contributed by atoms with E-state index in [0.717, 1.165) is 47.6 Å². The highest BCUT2D eigenvalue weighted by molar-refractivity contribution is 7.99. The Labute approximate surface area is 180 Å². The second kappa shape index (κ2) is 9.06. The van der Waals surface area contributed by atoms with Gasteiger partial charge in [0.15, 0.2) is 11.0 Å². The lowest BCUT2D eigenvalue weighted by Gasteiger charge is -2.14. The lowest BCUT2D eigenvalue weighted by Crippen LogP contribution is -2.32. The molecule has 158 valence electrons. The first kappa shape index (κ1) is 20.7. The third-order valence-corrected chi connectivity index (χ3v) is 6.15. The molecule has 0 saturated carbocycles. The van der Waals surface area contributed by atoms with Gasteiger partial charge in [-0.1, -0.05) is 23.9 Å². The molecule has 7 nitrogen and oxygen atoms in total. The highest BCUT2D eigenvalue weighted by Gasteiger charge is 2.21. The summed E-state index contributed by atoms with van der Waals surface area (Å²) in [5.74, 6) is 1.71. The van der Waals surface area contributed by atoms with Crippen molar-refractivity contribution in [2.45, 2.75) is 44.9 Å². The molecular weight excluding hydrogens is 400 g/mol. The van der Waals surface area contributed by atoms with Gasteiger partial charge in [0.25, 0.3) is 0 Å². The van der Waals surface area contributed by atoms with Crippen LogP contribution in [0.1, 0.15) is 29.7 Å². The molecule has 1 aliphatic heterocycles. The zero-order valence-corrected chi connectivity index (χ0v) is 18.3. The van der Waals surface area contributed by atoms with Crippen LogP contribution >= 0.6 is 11.8 Å². The van der Waals surface area contributed by atoms with Crippen molar-refractivity contribution in [3.8, 4) is 17.1 Å². The van der Waals surface area contributed by atoms with Gasteiger partial charge in [-0.2, -0.15) is 0 Å². The van der Waals surface area contributed by atoms with Crippen LogP contribution < -0.4 is 5.32 Å². The molecule has 30 heavy (non-hydrogen) atoms. The summed E-state index contributed by atoms with van der Waals surface area (Å²) >= 11 is 1.38. The Morgan fingerprint density at radius 1 is 1.27 bits per heavy atom. The SMILES string of the molecule is Cc1ccc(C)c(-n2c(SCC(=O)NC[C@@H]3CCCO3)nnc2-c2ccoc2C)c1. The second-order valence-corrected chi connectivity index (χ2v) is 8.49. The summed E-state index contributed by atoms with van der Waals surface area (Å²) in [5, 5.41) is 12.5. The normalized spacial score (nSPS) is 16.2. The number of rotatable bonds is 7. The van der Waals surface area contributed by atoms with Crippen LogP contribution in [-0.4, -0.2) is 45.7 Å². The second-order valence-electron chi connectivity index (χ2n) is 7.55. The molecule has 3 aromatic rings. The molecule has 0 aliphatic carbocycles. The average Bonchev–Trinajstić information content (AvgIpc) is 3.47. The molecule has 2 aromatic heterocycles. The number of aryl methyl sites for hydroxylation is 3. The van der Waals surface area contributed by atoms with Crippen LogP contribution in [0.2, 0.25) is 0 Å². The van der Waals surface area contributed by atoms with Crippen molar-refractivity contribution in [3.05, 3.63) is 47.4 Å². The predicted octanol–water partition coefficient (Wildman–Crippen LogP) is 3.84. The molecule has 1 aliphatic rings. The minimum atomic E-state index is -0.0351. The zero-order valence-electron chi connectivity index (χ0n) is 17.5. The fraction of sp³-hybridized carbons (Fsp3) is 0.409. The third-order valence-electron chi connectivity index (χ3n) is 5.22. The minimum absolute atomic E-state index is 0.0351. The summed E-state index contributed by atoms with van der Waals surface area (Å²) in [6.45, 7) is 7.36. The lowest BCUT2D eigenvalue weighted by atomic mass is 10.1. The Morgan fingerprint density at radius 3 is 2.87 bits per heavy atom.